The Morgan fingerprint density at radius 2 is 1.91 bits per heavy atom. The van der Waals surface area contributed by atoms with E-state index in [4.69, 9.17) is 4.18 Å². The molecule has 120 valence electrons. The van der Waals surface area contributed by atoms with Gasteiger partial charge < -0.3 is 4.18 Å². The zero-order valence-electron chi connectivity index (χ0n) is 12.6. The highest BCUT2D eigenvalue weighted by Gasteiger charge is 2.21. The van der Waals surface area contributed by atoms with Crippen molar-refractivity contribution in [1.82, 2.24) is 20.2 Å². The van der Waals surface area contributed by atoms with Gasteiger partial charge in [0.2, 0.25) is 5.16 Å². The first-order chi connectivity index (χ1) is 10.3. The van der Waals surface area contributed by atoms with Crippen LogP contribution in [0.3, 0.4) is 0 Å². The van der Waals surface area contributed by atoms with Crippen molar-refractivity contribution in [2.75, 3.05) is 11.5 Å². The van der Waals surface area contributed by atoms with Crippen LogP contribution in [0.25, 0.3) is 0 Å². The molecule has 0 fully saturated rings. The minimum absolute atomic E-state index is 0.121. The molecule has 22 heavy (non-hydrogen) atoms. The van der Waals surface area contributed by atoms with E-state index in [1.54, 1.807) is 35.0 Å². The second-order valence-electron chi connectivity index (χ2n) is 5.55. The van der Waals surface area contributed by atoms with Crippen LogP contribution in [0.2, 0.25) is 0 Å². The number of benzene rings is 1. The van der Waals surface area contributed by atoms with E-state index < -0.39 is 10.1 Å². The van der Waals surface area contributed by atoms with Gasteiger partial charge >= 0.3 is 10.1 Å². The van der Waals surface area contributed by atoms with Crippen molar-refractivity contribution in [2.24, 2.45) is 0 Å². The molecule has 0 bridgehead atoms. The van der Waals surface area contributed by atoms with Crippen LogP contribution in [-0.2, 0) is 15.7 Å². The SMILES string of the molecule is CC(C)(C)n1nnnc1SCCS(=O)(=O)Oc1ccccc1. The molecule has 0 radical (unpaired) electrons. The van der Waals surface area contributed by atoms with Crippen molar-refractivity contribution >= 4 is 21.9 Å². The van der Waals surface area contributed by atoms with Gasteiger partial charge in [-0.15, -0.1) is 5.10 Å². The molecule has 0 saturated carbocycles. The molecule has 0 atom stereocenters. The average Bonchev–Trinajstić information content (AvgIpc) is 2.87. The maximum atomic E-state index is 11.9. The quantitative estimate of drug-likeness (QED) is 0.585. The summed E-state index contributed by atoms with van der Waals surface area (Å²) in [6.07, 6.45) is 0. The first kappa shape index (κ1) is 16.8. The molecule has 0 N–H and O–H groups in total. The van der Waals surface area contributed by atoms with Crippen LogP contribution in [0.15, 0.2) is 35.5 Å². The molecule has 0 aliphatic heterocycles. The largest absolute Gasteiger partial charge is 0.382 e. The lowest BCUT2D eigenvalue weighted by Crippen LogP contribution is -2.24. The number of nitrogens with zero attached hydrogens (tertiary/aromatic N) is 4. The summed E-state index contributed by atoms with van der Waals surface area (Å²) < 4.78 is 30.5. The molecule has 9 heteroatoms. The highest BCUT2D eigenvalue weighted by atomic mass is 32.2. The van der Waals surface area contributed by atoms with E-state index in [0.717, 1.165) is 0 Å². The zero-order valence-corrected chi connectivity index (χ0v) is 14.3. The van der Waals surface area contributed by atoms with E-state index in [-0.39, 0.29) is 11.3 Å². The predicted molar refractivity (Wildman–Crippen MR) is 84.4 cm³/mol. The van der Waals surface area contributed by atoms with Gasteiger partial charge in [-0.25, -0.2) is 4.68 Å². The van der Waals surface area contributed by atoms with Gasteiger partial charge in [0, 0.05) is 5.75 Å². The molecule has 1 heterocycles. The van der Waals surface area contributed by atoms with Gasteiger partial charge in [-0.3, -0.25) is 0 Å². The molecule has 0 amide bonds. The Balaban J connectivity index is 1.92. The Morgan fingerprint density at radius 1 is 1.23 bits per heavy atom. The second kappa shape index (κ2) is 6.66. The van der Waals surface area contributed by atoms with E-state index in [0.29, 0.717) is 16.7 Å². The number of tetrazole rings is 1. The normalized spacial score (nSPS) is 12.3. The summed E-state index contributed by atoms with van der Waals surface area (Å²) in [7, 11) is -3.63. The van der Waals surface area contributed by atoms with Crippen LogP contribution in [-0.4, -0.2) is 40.1 Å². The average molecular weight is 342 g/mol. The lowest BCUT2D eigenvalue weighted by atomic mass is 10.1. The minimum Gasteiger partial charge on any atom is -0.382 e. The molecule has 0 spiro atoms. The van der Waals surface area contributed by atoms with Gasteiger partial charge in [0.25, 0.3) is 0 Å². The van der Waals surface area contributed by atoms with E-state index in [1.807, 2.05) is 20.8 Å². The highest BCUT2D eigenvalue weighted by molar-refractivity contribution is 8.00. The van der Waals surface area contributed by atoms with E-state index >= 15 is 0 Å². The number of rotatable bonds is 6. The van der Waals surface area contributed by atoms with Gasteiger partial charge in [-0.1, -0.05) is 30.0 Å². The Kier molecular flexibility index (Phi) is 5.07. The summed E-state index contributed by atoms with van der Waals surface area (Å²) in [6, 6.07) is 8.44. The molecule has 0 aliphatic carbocycles. The minimum atomic E-state index is -3.63. The molecule has 1 aromatic carbocycles. The fourth-order valence-corrected chi connectivity index (χ4v) is 3.94. The molecule has 2 rings (SSSR count). The molecule has 0 saturated heterocycles. The lowest BCUT2D eigenvalue weighted by Gasteiger charge is -2.19. The van der Waals surface area contributed by atoms with Gasteiger partial charge in [0.15, 0.2) is 0 Å². The van der Waals surface area contributed by atoms with Crippen LogP contribution in [0.5, 0.6) is 5.75 Å². The topological polar surface area (TPSA) is 87.0 Å². The first-order valence-corrected chi connectivity index (χ1v) is 9.23. The standard InChI is InChI=1S/C13H18N4O3S2/c1-13(2,3)17-12(14-15-16-17)21-9-10-22(18,19)20-11-7-5-4-6-8-11/h4-8H,9-10H2,1-3H3. The molecule has 0 unspecified atom stereocenters. The molecular formula is C13H18N4O3S2. The van der Waals surface area contributed by atoms with Gasteiger partial charge in [-0.2, -0.15) is 8.42 Å². The molecular weight excluding hydrogens is 324 g/mol. The van der Waals surface area contributed by atoms with Gasteiger partial charge in [0.05, 0.1) is 11.3 Å². The number of thioether (sulfide) groups is 1. The Bertz CT molecular complexity index is 708. The third-order valence-corrected chi connectivity index (χ3v) is 4.94. The molecule has 7 nitrogen and oxygen atoms in total. The van der Waals surface area contributed by atoms with E-state index in [2.05, 4.69) is 15.5 Å². The number of aromatic nitrogens is 4. The third kappa shape index (κ3) is 4.70. The van der Waals surface area contributed by atoms with Crippen molar-refractivity contribution in [1.29, 1.82) is 0 Å². The van der Waals surface area contributed by atoms with Gasteiger partial charge in [-0.05, 0) is 43.3 Å². The zero-order chi connectivity index (χ0) is 16.2. The van der Waals surface area contributed by atoms with Crippen molar-refractivity contribution in [3.05, 3.63) is 30.3 Å². The lowest BCUT2D eigenvalue weighted by molar-refractivity contribution is 0.321. The fraction of sp³-hybridized carbons (Fsp3) is 0.462. The molecule has 1 aromatic heterocycles. The highest BCUT2D eigenvalue weighted by Crippen LogP contribution is 2.22. The van der Waals surface area contributed by atoms with Crippen LogP contribution < -0.4 is 4.18 Å². The monoisotopic (exact) mass is 342 g/mol. The maximum absolute atomic E-state index is 11.9. The van der Waals surface area contributed by atoms with Crippen LogP contribution in [0.4, 0.5) is 0 Å². The van der Waals surface area contributed by atoms with Crippen molar-refractivity contribution < 1.29 is 12.6 Å². The first-order valence-electron chi connectivity index (χ1n) is 6.67. The maximum Gasteiger partial charge on any atom is 0.310 e. The second-order valence-corrected chi connectivity index (χ2v) is 8.30. The fourth-order valence-electron chi connectivity index (χ4n) is 1.59. The Labute approximate surface area is 134 Å². The summed E-state index contributed by atoms with van der Waals surface area (Å²) in [6.45, 7) is 5.92. The van der Waals surface area contributed by atoms with E-state index in [9.17, 15) is 8.42 Å². The summed E-state index contributed by atoms with van der Waals surface area (Å²) in [5.41, 5.74) is -0.259. The van der Waals surface area contributed by atoms with Crippen LogP contribution >= 0.6 is 11.8 Å². The summed E-state index contributed by atoms with van der Waals surface area (Å²) in [5.74, 6) is 0.502. The predicted octanol–water partition coefficient (Wildman–Crippen LogP) is 1.93. The Hall–Kier alpha value is -1.61. The number of para-hydroxylation sites is 1. The van der Waals surface area contributed by atoms with Crippen LogP contribution in [0.1, 0.15) is 20.8 Å². The Morgan fingerprint density at radius 3 is 2.55 bits per heavy atom. The molecule has 0 aliphatic rings. The third-order valence-electron chi connectivity index (χ3n) is 2.61. The smallest absolute Gasteiger partial charge is 0.310 e. The van der Waals surface area contributed by atoms with Crippen molar-refractivity contribution in [3.8, 4) is 5.75 Å². The summed E-state index contributed by atoms with van der Waals surface area (Å²) in [5, 5.41) is 12.1. The van der Waals surface area contributed by atoms with Crippen molar-refractivity contribution in [3.63, 3.8) is 0 Å². The summed E-state index contributed by atoms with van der Waals surface area (Å²) >= 11 is 1.29. The molecule has 2 aromatic rings. The van der Waals surface area contributed by atoms with Crippen molar-refractivity contribution in [2.45, 2.75) is 31.5 Å². The van der Waals surface area contributed by atoms with Gasteiger partial charge in [0.1, 0.15) is 5.75 Å². The number of hydrogen-bond donors (Lipinski definition) is 0. The van der Waals surface area contributed by atoms with Crippen LogP contribution in [0, 0.1) is 0 Å². The summed E-state index contributed by atoms with van der Waals surface area (Å²) in [4.78, 5) is 0. The number of hydrogen-bond acceptors (Lipinski definition) is 7. The van der Waals surface area contributed by atoms with E-state index in [1.165, 1.54) is 11.8 Å².